The minimum Gasteiger partial charge on any atom is -0.505 e. The second kappa shape index (κ2) is 34.2. The van der Waals surface area contributed by atoms with Gasteiger partial charge in [-0.05, 0) is 44.9 Å². The predicted octanol–water partition coefficient (Wildman–Crippen LogP) is 10.5. The van der Waals surface area contributed by atoms with E-state index in [0.29, 0.717) is 12.8 Å². The van der Waals surface area contributed by atoms with Crippen LogP contribution in [0.15, 0.2) is 35.8 Å². The van der Waals surface area contributed by atoms with Gasteiger partial charge in [-0.15, -0.1) is 0 Å². The molecule has 57 heavy (non-hydrogen) atoms. The van der Waals surface area contributed by atoms with Crippen LogP contribution in [0.2, 0.25) is 0 Å². The molecular weight excluding hydrogens is 755 g/mol. The van der Waals surface area contributed by atoms with Crippen molar-refractivity contribution in [2.45, 2.75) is 199 Å². The number of rotatable bonds is 38. The van der Waals surface area contributed by atoms with Gasteiger partial charge in [0, 0.05) is 12.8 Å². The van der Waals surface area contributed by atoms with Crippen molar-refractivity contribution >= 4 is 25.7 Å². The summed E-state index contributed by atoms with van der Waals surface area (Å²) < 4.78 is 37.7. The van der Waals surface area contributed by atoms with Gasteiger partial charge in [-0.25, -0.2) is 9.36 Å². The smallest absolute Gasteiger partial charge is 0.472 e. The van der Waals surface area contributed by atoms with Crippen molar-refractivity contribution in [2.75, 3.05) is 19.8 Å². The number of cyclic esters (lactones) is 1. The maximum absolute atomic E-state index is 12.7. The second-order valence-corrected chi connectivity index (χ2v) is 16.4. The van der Waals surface area contributed by atoms with Crippen molar-refractivity contribution in [1.82, 2.24) is 0 Å². The first-order valence-electron chi connectivity index (χ1n) is 21.8. The number of aliphatic hydroxyl groups excluding tert-OH is 3. The molecule has 14 heteroatoms. The van der Waals surface area contributed by atoms with E-state index in [-0.39, 0.29) is 12.8 Å². The largest absolute Gasteiger partial charge is 0.505 e. The van der Waals surface area contributed by atoms with Crippen LogP contribution in [0.1, 0.15) is 181 Å². The molecule has 0 radical (unpaired) electrons. The number of hydrogen-bond donors (Lipinski definition) is 4. The molecule has 0 aliphatic carbocycles. The molecule has 1 aliphatic heterocycles. The van der Waals surface area contributed by atoms with Gasteiger partial charge in [0.25, 0.3) is 0 Å². The number of carbonyl (C=O) groups is 3. The Balaban J connectivity index is 2.44. The van der Waals surface area contributed by atoms with Crippen LogP contribution in [-0.2, 0) is 42.2 Å². The fourth-order valence-corrected chi connectivity index (χ4v) is 6.96. The summed E-state index contributed by atoms with van der Waals surface area (Å²) in [7, 11) is -4.88. The molecule has 0 aromatic heterocycles. The Hall–Kier alpha value is -2.70. The standard InChI is InChI=1S/C43H75O13P/c1-3-5-7-9-11-13-15-17-18-20-22-24-26-28-30-32-39(46)55-36(34-53-57(50,51)54-35-37(44)42-40(47)41(48)43(49)56-42)33-52-38(45)31-29-27-25-23-21-19-16-14-12-10-8-6-4-2/h11,13,17-18,36-37,42,44,47-48H,3-10,12,14-16,19-35H2,1-2H3,(H,50,51)/b13-11-,18-17-/t36-,37-,42+/m0/s1. The number of carbonyl (C=O) groups excluding carboxylic acids is 3. The maximum atomic E-state index is 12.7. The number of hydrogen-bond acceptors (Lipinski definition) is 12. The molecule has 0 amide bonds. The van der Waals surface area contributed by atoms with E-state index in [0.717, 1.165) is 64.2 Å². The van der Waals surface area contributed by atoms with Crippen molar-refractivity contribution in [3.63, 3.8) is 0 Å². The second-order valence-electron chi connectivity index (χ2n) is 15.0. The topological polar surface area (TPSA) is 195 Å². The van der Waals surface area contributed by atoms with E-state index in [9.17, 15) is 39.2 Å². The summed E-state index contributed by atoms with van der Waals surface area (Å²) in [4.78, 5) is 46.8. The van der Waals surface area contributed by atoms with Gasteiger partial charge in [0.05, 0.1) is 13.2 Å². The van der Waals surface area contributed by atoms with Gasteiger partial charge >= 0.3 is 25.7 Å². The van der Waals surface area contributed by atoms with E-state index in [1.165, 1.54) is 77.0 Å². The van der Waals surface area contributed by atoms with Crippen LogP contribution in [0.5, 0.6) is 0 Å². The van der Waals surface area contributed by atoms with Crippen molar-refractivity contribution in [3.05, 3.63) is 35.8 Å². The highest BCUT2D eigenvalue weighted by molar-refractivity contribution is 7.47. The summed E-state index contributed by atoms with van der Waals surface area (Å²) in [5, 5.41) is 29.3. The average Bonchev–Trinajstić information content (AvgIpc) is 3.45. The number of phosphoric ester groups is 1. The molecule has 0 fully saturated rings. The summed E-state index contributed by atoms with van der Waals surface area (Å²) in [6, 6.07) is 0. The highest BCUT2D eigenvalue weighted by Crippen LogP contribution is 2.44. The highest BCUT2D eigenvalue weighted by atomic mass is 31.2. The zero-order chi connectivity index (χ0) is 42.0. The number of allylic oxidation sites excluding steroid dienone is 4. The molecule has 0 spiro atoms. The van der Waals surface area contributed by atoms with Crippen molar-refractivity contribution in [2.24, 2.45) is 0 Å². The van der Waals surface area contributed by atoms with Gasteiger partial charge in [-0.1, -0.05) is 147 Å². The first-order valence-corrected chi connectivity index (χ1v) is 23.3. The Morgan fingerprint density at radius 2 is 1.12 bits per heavy atom. The lowest BCUT2D eigenvalue weighted by Crippen LogP contribution is -2.33. The number of esters is 3. The molecule has 1 aliphatic rings. The van der Waals surface area contributed by atoms with Gasteiger partial charge in [-0.2, -0.15) is 0 Å². The number of unbranched alkanes of at least 4 members (excludes halogenated alkanes) is 20. The Kier molecular flexibility index (Phi) is 31.4. The summed E-state index contributed by atoms with van der Waals surface area (Å²) in [5.41, 5.74) is 0. The van der Waals surface area contributed by atoms with Crippen molar-refractivity contribution in [1.29, 1.82) is 0 Å². The van der Waals surface area contributed by atoms with Gasteiger partial charge in [0.15, 0.2) is 18.0 Å². The van der Waals surface area contributed by atoms with Gasteiger partial charge in [-0.3, -0.25) is 18.6 Å². The third-order valence-electron chi connectivity index (χ3n) is 9.67. The lowest BCUT2D eigenvalue weighted by molar-refractivity contribution is -0.161. The lowest BCUT2D eigenvalue weighted by atomic mass is 10.0. The molecule has 1 rings (SSSR count). The van der Waals surface area contributed by atoms with Crippen LogP contribution in [0.3, 0.4) is 0 Å². The average molecular weight is 831 g/mol. The fourth-order valence-electron chi connectivity index (χ4n) is 6.19. The monoisotopic (exact) mass is 830 g/mol. The first kappa shape index (κ1) is 52.3. The van der Waals surface area contributed by atoms with Crippen molar-refractivity contribution < 1.29 is 62.4 Å². The van der Waals surface area contributed by atoms with E-state index in [4.69, 9.17) is 18.5 Å². The molecule has 4 N–H and O–H groups in total. The lowest BCUT2D eigenvalue weighted by Gasteiger charge is -2.21. The zero-order valence-electron chi connectivity index (χ0n) is 35.0. The highest BCUT2D eigenvalue weighted by Gasteiger charge is 2.40. The molecule has 0 aromatic carbocycles. The molecule has 4 atom stereocenters. The molecule has 330 valence electrons. The van der Waals surface area contributed by atoms with E-state index >= 15 is 0 Å². The summed E-state index contributed by atoms with van der Waals surface area (Å²) in [5.74, 6) is -4.36. The molecule has 1 unspecified atom stereocenters. The molecular formula is C43H75O13P. The Labute approximate surface area is 342 Å². The fraction of sp³-hybridized carbons (Fsp3) is 0.791. The molecule has 0 bridgehead atoms. The van der Waals surface area contributed by atoms with Crippen LogP contribution in [0.4, 0.5) is 0 Å². The first-order chi connectivity index (χ1) is 27.5. The number of ether oxygens (including phenoxy) is 3. The van der Waals surface area contributed by atoms with Crippen LogP contribution in [-0.4, -0.2) is 76.3 Å². The number of aliphatic hydroxyl groups is 3. The van der Waals surface area contributed by atoms with E-state index < -0.39 is 75.4 Å². The summed E-state index contributed by atoms with van der Waals surface area (Å²) in [6.07, 6.45) is 31.1. The van der Waals surface area contributed by atoms with E-state index in [1.807, 2.05) is 0 Å². The molecule has 0 saturated heterocycles. The minimum absolute atomic E-state index is 0.108. The zero-order valence-corrected chi connectivity index (χ0v) is 35.9. The van der Waals surface area contributed by atoms with Gasteiger partial charge in [0.2, 0.25) is 5.76 Å². The minimum atomic E-state index is -4.88. The maximum Gasteiger partial charge on any atom is 0.472 e. The molecule has 1 heterocycles. The Morgan fingerprint density at radius 3 is 1.65 bits per heavy atom. The molecule has 0 aromatic rings. The van der Waals surface area contributed by atoms with Crippen molar-refractivity contribution in [3.8, 4) is 0 Å². The number of phosphoric acid groups is 1. The Bertz CT molecular complexity index is 1220. The third-order valence-corrected chi connectivity index (χ3v) is 10.6. The molecule has 0 saturated carbocycles. The molecule has 13 nitrogen and oxygen atoms in total. The van der Waals surface area contributed by atoms with Crippen LogP contribution < -0.4 is 0 Å². The van der Waals surface area contributed by atoms with Gasteiger partial charge in [0.1, 0.15) is 12.7 Å². The van der Waals surface area contributed by atoms with E-state index in [2.05, 4.69) is 42.9 Å². The van der Waals surface area contributed by atoms with Gasteiger partial charge < -0.3 is 34.4 Å². The predicted molar refractivity (Wildman–Crippen MR) is 220 cm³/mol. The summed E-state index contributed by atoms with van der Waals surface area (Å²) >= 11 is 0. The van der Waals surface area contributed by atoms with Crippen LogP contribution in [0.25, 0.3) is 0 Å². The third kappa shape index (κ3) is 28.4. The normalized spacial score (nSPS) is 16.6. The quantitative estimate of drug-likeness (QED) is 0.0151. The van der Waals surface area contributed by atoms with Crippen LogP contribution in [0, 0.1) is 0 Å². The van der Waals surface area contributed by atoms with E-state index in [1.54, 1.807) is 0 Å². The Morgan fingerprint density at radius 1 is 0.667 bits per heavy atom. The van der Waals surface area contributed by atoms with Crippen LogP contribution >= 0.6 is 7.82 Å². The SMILES string of the molecule is CCCCC/C=C\C/C=C\CCCCCCCC(=O)O[C@@H](COC(=O)CCCCCCCCCCCCCCC)COP(=O)(O)OC[C@H](O)[C@H]1OC(=O)C(O)=C1O. The summed E-state index contributed by atoms with van der Waals surface area (Å²) in [6.45, 7) is 2.45.